The Morgan fingerprint density at radius 3 is 2.89 bits per heavy atom. The Labute approximate surface area is 113 Å². The summed E-state index contributed by atoms with van der Waals surface area (Å²) in [5.41, 5.74) is 0.994. The number of rotatable bonds is 4. The van der Waals surface area contributed by atoms with E-state index in [2.05, 4.69) is 11.1 Å². The van der Waals surface area contributed by atoms with E-state index in [1.807, 2.05) is 17.0 Å². The molecule has 2 heterocycles. The van der Waals surface area contributed by atoms with E-state index >= 15 is 0 Å². The molecule has 100 valence electrons. The van der Waals surface area contributed by atoms with Crippen LogP contribution < -0.4 is 0 Å². The Morgan fingerprint density at radius 2 is 2.26 bits per heavy atom. The summed E-state index contributed by atoms with van der Waals surface area (Å²) in [4.78, 5) is 20.0. The molecule has 0 unspecified atom stereocenters. The van der Waals surface area contributed by atoms with Gasteiger partial charge in [-0.1, -0.05) is 6.07 Å². The summed E-state index contributed by atoms with van der Waals surface area (Å²) in [6, 6.07) is 5.95. The van der Waals surface area contributed by atoms with Crippen LogP contribution in [0.2, 0.25) is 0 Å². The lowest BCUT2D eigenvalue weighted by Gasteiger charge is -2.27. The van der Waals surface area contributed by atoms with Crippen molar-refractivity contribution in [3.05, 3.63) is 30.1 Å². The molecule has 19 heavy (non-hydrogen) atoms. The second-order valence-electron chi connectivity index (χ2n) is 4.67. The number of carbonyl (C=O) groups excluding carboxylic acids is 1. The van der Waals surface area contributed by atoms with Gasteiger partial charge >= 0.3 is 6.03 Å². The van der Waals surface area contributed by atoms with Gasteiger partial charge in [0.05, 0.1) is 12.5 Å². The van der Waals surface area contributed by atoms with Crippen LogP contribution in [0.4, 0.5) is 4.79 Å². The molecular weight excluding hydrogens is 240 g/mol. The number of nitriles is 1. The van der Waals surface area contributed by atoms with E-state index < -0.39 is 0 Å². The first kappa shape index (κ1) is 13.3. The van der Waals surface area contributed by atoms with E-state index in [0.29, 0.717) is 19.5 Å². The van der Waals surface area contributed by atoms with Crippen molar-refractivity contribution in [2.75, 3.05) is 19.6 Å². The van der Waals surface area contributed by atoms with Crippen LogP contribution >= 0.6 is 0 Å². The molecule has 1 saturated heterocycles. The normalized spacial score (nSPS) is 14.2. The Balaban J connectivity index is 2.02. The Morgan fingerprint density at radius 1 is 1.47 bits per heavy atom. The highest BCUT2D eigenvalue weighted by atomic mass is 16.2. The minimum Gasteiger partial charge on any atom is -0.325 e. The van der Waals surface area contributed by atoms with Gasteiger partial charge in [0.25, 0.3) is 0 Å². The van der Waals surface area contributed by atoms with Gasteiger partial charge in [-0.2, -0.15) is 5.26 Å². The summed E-state index contributed by atoms with van der Waals surface area (Å²) in [6.07, 6.45) is 5.98. The van der Waals surface area contributed by atoms with Crippen molar-refractivity contribution in [2.45, 2.75) is 25.8 Å². The van der Waals surface area contributed by atoms with Crippen molar-refractivity contribution in [3.63, 3.8) is 0 Å². The second-order valence-corrected chi connectivity index (χ2v) is 4.67. The van der Waals surface area contributed by atoms with Gasteiger partial charge in [-0.05, 0) is 24.5 Å². The maximum absolute atomic E-state index is 12.4. The number of likely N-dealkylation sites (tertiary alicyclic amines) is 1. The molecule has 0 spiro atoms. The van der Waals surface area contributed by atoms with Crippen molar-refractivity contribution in [2.24, 2.45) is 0 Å². The molecule has 5 heteroatoms. The van der Waals surface area contributed by atoms with Gasteiger partial charge in [0.1, 0.15) is 0 Å². The van der Waals surface area contributed by atoms with Crippen molar-refractivity contribution in [1.82, 2.24) is 14.8 Å². The maximum Gasteiger partial charge on any atom is 0.320 e. The first-order chi connectivity index (χ1) is 9.31. The zero-order valence-electron chi connectivity index (χ0n) is 11.0. The zero-order valence-corrected chi connectivity index (χ0v) is 11.0. The molecule has 1 aliphatic heterocycles. The van der Waals surface area contributed by atoms with Gasteiger partial charge in [-0.3, -0.25) is 4.98 Å². The fraction of sp³-hybridized carbons (Fsp3) is 0.500. The van der Waals surface area contributed by atoms with E-state index in [1.165, 1.54) is 0 Å². The molecule has 0 radical (unpaired) electrons. The van der Waals surface area contributed by atoms with Crippen LogP contribution in [-0.2, 0) is 6.54 Å². The number of hydrogen-bond donors (Lipinski definition) is 0. The van der Waals surface area contributed by atoms with Gasteiger partial charge in [0.15, 0.2) is 0 Å². The van der Waals surface area contributed by atoms with Crippen LogP contribution in [0.1, 0.15) is 24.8 Å². The standard InChI is InChI=1S/C14H18N4O/c15-6-4-10-18(12-13-5-3-7-16-11-13)14(19)17-8-1-2-9-17/h3,5,7,11H,1-2,4,8-10,12H2. The van der Waals surface area contributed by atoms with E-state index in [0.717, 1.165) is 31.5 Å². The third-order valence-corrected chi connectivity index (χ3v) is 3.24. The molecule has 1 aliphatic rings. The van der Waals surface area contributed by atoms with Crippen molar-refractivity contribution >= 4 is 6.03 Å². The van der Waals surface area contributed by atoms with Gasteiger partial charge in [0.2, 0.25) is 0 Å². The molecule has 5 nitrogen and oxygen atoms in total. The highest BCUT2D eigenvalue weighted by molar-refractivity contribution is 5.74. The number of aromatic nitrogens is 1. The van der Waals surface area contributed by atoms with E-state index in [9.17, 15) is 4.79 Å². The summed E-state index contributed by atoms with van der Waals surface area (Å²) in [5, 5.41) is 8.71. The van der Waals surface area contributed by atoms with Gasteiger partial charge in [0, 0.05) is 38.6 Å². The highest BCUT2D eigenvalue weighted by Crippen LogP contribution is 2.13. The van der Waals surface area contributed by atoms with E-state index in [-0.39, 0.29) is 6.03 Å². The topological polar surface area (TPSA) is 60.2 Å². The summed E-state index contributed by atoms with van der Waals surface area (Å²) in [7, 11) is 0. The molecule has 2 rings (SSSR count). The minimum atomic E-state index is 0.0385. The Kier molecular flexibility index (Phi) is 4.73. The number of carbonyl (C=O) groups is 1. The lowest BCUT2D eigenvalue weighted by atomic mass is 10.2. The average Bonchev–Trinajstić information content (AvgIpc) is 2.98. The third-order valence-electron chi connectivity index (χ3n) is 3.24. The molecule has 1 aromatic rings. The van der Waals surface area contributed by atoms with Gasteiger partial charge in [-0.25, -0.2) is 4.79 Å². The summed E-state index contributed by atoms with van der Waals surface area (Å²) in [5.74, 6) is 0. The Hall–Kier alpha value is -2.09. The molecule has 0 aliphatic carbocycles. The number of hydrogen-bond acceptors (Lipinski definition) is 3. The second kappa shape index (κ2) is 6.74. The molecule has 0 N–H and O–H groups in total. The number of amides is 2. The van der Waals surface area contributed by atoms with Crippen molar-refractivity contribution in [3.8, 4) is 6.07 Å². The molecular formula is C14H18N4O. The molecule has 2 amide bonds. The summed E-state index contributed by atoms with van der Waals surface area (Å²) < 4.78 is 0. The predicted octanol–water partition coefficient (Wildman–Crippen LogP) is 2.01. The van der Waals surface area contributed by atoms with Gasteiger partial charge < -0.3 is 9.80 Å². The molecule has 1 fully saturated rings. The maximum atomic E-state index is 12.4. The molecule has 0 aromatic carbocycles. The lowest BCUT2D eigenvalue weighted by molar-refractivity contribution is 0.161. The van der Waals surface area contributed by atoms with E-state index in [1.54, 1.807) is 17.3 Å². The highest BCUT2D eigenvalue weighted by Gasteiger charge is 2.23. The van der Waals surface area contributed by atoms with E-state index in [4.69, 9.17) is 5.26 Å². The first-order valence-corrected chi connectivity index (χ1v) is 6.61. The molecule has 0 saturated carbocycles. The number of urea groups is 1. The van der Waals surface area contributed by atoms with Crippen molar-refractivity contribution in [1.29, 1.82) is 5.26 Å². The largest absolute Gasteiger partial charge is 0.325 e. The number of pyridine rings is 1. The van der Waals surface area contributed by atoms with Gasteiger partial charge in [-0.15, -0.1) is 0 Å². The van der Waals surface area contributed by atoms with Crippen molar-refractivity contribution < 1.29 is 4.79 Å². The SMILES string of the molecule is N#CCCN(Cc1cccnc1)C(=O)N1CCCC1. The summed E-state index contributed by atoms with van der Waals surface area (Å²) >= 11 is 0. The summed E-state index contributed by atoms with van der Waals surface area (Å²) in [6.45, 7) is 2.65. The van der Waals surface area contributed by atoms with Crippen LogP contribution in [0.15, 0.2) is 24.5 Å². The average molecular weight is 258 g/mol. The number of nitrogens with zero attached hydrogens (tertiary/aromatic N) is 4. The minimum absolute atomic E-state index is 0.0385. The monoisotopic (exact) mass is 258 g/mol. The van der Waals surface area contributed by atoms with Crippen LogP contribution in [0, 0.1) is 11.3 Å². The smallest absolute Gasteiger partial charge is 0.320 e. The first-order valence-electron chi connectivity index (χ1n) is 6.61. The fourth-order valence-electron chi connectivity index (χ4n) is 2.25. The van der Waals surface area contributed by atoms with Crippen LogP contribution in [0.5, 0.6) is 0 Å². The van der Waals surface area contributed by atoms with Crippen LogP contribution in [0.3, 0.4) is 0 Å². The third kappa shape index (κ3) is 3.68. The Bertz CT molecular complexity index is 448. The quantitative estimate of drug-likeness (QED) is 0.830. The molecule has 0 atom stereocenters. The van der Waals surface area contributed by atoms with Crippen LogP contribution in [-0.4, -0.2) is 40.4 Å². The lowest BCUT2D eigenvalue weighted by Crippen LogP contribution is -2.41. The predicted molar refractivity (Wildman–Crippen MR) is 71.1 cm³/mol. The zero-order chi connectivity index (χ0) is 13.5. The van der Waals surface area contributed by atoms with Crippen LogP contribution in [0.25, 0.3) is 0 Å². The molecule has 1 aromatic heterocycles. The molecule has 0 bridgehead atoms. The fourth-order valence-corrected chi connectivity index (χ4v) is 2.25.